The van der Waals surface area contributed by atoms with Gasteiger partial charge in [-0.05, 0) is 24.3 Å². The Hall–Kier alpha value is -1.75. The Labute approximate surface area is 126 Å². The number of unbranched alkanes of at least 4 members (excludes halogenated alkanes) is 1. The highest BCUT2D eigenvalue weighted by molar-refractivity contribution is 5.22. The third kappa shape index (κ3) is 4.36. The number of H-pyrrole nitrogens is 1. The molecule has 1 aromatic carbocycles. The summed E-state index contributed by atoms with van der Waals surface area (Å²) in [7, 11) is 0. The second kappa shape index (κ2) is 7.88. The summed E-state index contributed by atoms with van der Waals surface area (Å²) in [5, 5.41) is 14.7. The summed E-state index contributed by atoms with van der Waals surface area (Å²) in [5.74, 6) is 1.27. The van der Waals surface area contributed by atoms with Gasteiger partial charge in [0.1, 0.15) is 0 Å². The molecule has 5 nitrogen and oxygen atoms in total. The summed E-state index contributed by atoms with van der Waals surface area (Å²) >= 11 is 0. The van der Waals surface area contributed by atoms with Gasteiger partial charge in [0.25, 0.3) is 0 Å². The molecule has 2 aromatic rings. The Morgan fingerprint density at radius 2 is 2.00 bits per heavy atom. The van der Waals surface area contributed by atoms with Gasteiger partial charge in [-0.25, -0.2) is 0 Å². The molecule has 0 bridgehead atoms. The summed E-state index contributed by atoms with van der Waals surface area (Å²) in [6, 6.07) is 10.6. The third-order valence-electron chi connectivity index (χ3n) is 4.11. The molecule has 0 aliphatic rings. The molecule has 0 aliphatic carbocycles. The average Bonchev–Trinajstić information content (AvgIpc) is 3.05. The number of hydrogen-bond donors (Lipinski definition) is 2. The number of tetrazole rings is 1. The molecule has 2 unspecified atom stereocenters. The van der Waals surface area contributed by atoms with E-state index in [-0.39, 0.29) is 12.0 Å². The molecule has 0 spiro atoms. The lowest BCUT2D eigenvalue weighted by atomic mass is 9.82. The Morgan fingerprint density at radius 1 is 1.24 bits per heavy atom. The van der Waals surface area contributed by atoms with Crippen LogP contribution in [-0.2, 0) is 0 Å². The van der Waals surface area contributed by atoms with Crippen LogP contribution in [0.5, 0.6) is 0 Å². The standard InChI is InChI=1S/C16H25N5/c1-3-4-10-14(17)11-15(16-18-20-21-19-16)12(2)13-8-6-5-7-9-13/h5-9,12,14-15H,3-4,10-11,17H2,1-2H3,(H,18,19,20,21)/t12-,14?,15?/m1/s1. The van der Waals surface area contributed by atoms with Crippen LogP contribution in [-0.4, -0.2) is 26.7 Å². The smallest absolute Gasteiger partial charge is 0.178 e. The molecule has 114 valence electrons. The van der Waals surface area contributed by atoms with E-state index in [1.54, 1.807) is 0 Å². The molecule has 0 fully saturated rings. The summed E-state index contributed by atoms with van der Waals surface area (Å²) < 4.78 is 0. The van der Waals surface area contributed by atoms with Gasteiger partial charge in [0.15, 0.2) is 5.82 Å². The number of nitrogens with zero attached hydrogens (tertiary/aromatic N) is 3. The maximum Gasteiger partial charge on any atom is 0.178 e. The second-order valence-corrected chi connectivity index (χ2v) is 5.71. The van der Waals surface area contributed by atoms with Crippen molar-refractivity contribution in [3.05, 3.63) is 41.7 Å². The van der Waals surface area contributed by atoms with Crippen LogP contribution in [0, 0.1) is 0 Å². The van der Waals surface area contributed by atoms with Crippen molar-refractivity contribution in [1.82, 2.24) is 20.6 Å². The Balaban J connectivity index is 2.13. The van der Waals surface area contributed by atoms with Crippen LogP contribution in [0.1, 0.15) is 62.8 Å². The fourth-order valence-electron chi connectivity index (χ4n) is 2.76. The van der Waals surface area contributed by atoms with Gasteiger partial charge in [-0.1, -0.05) is 62.2 Å². The largest absolute Gasteiger partial charge is 0.328 e. The highest BCUT2D eigenvalue weighted by atomic mass is 15.5. The first-order valence-corrected chi connectivity index (χ1v) is 7.76. The number of benzene rings is 1. The number of aromatic amines is 1. The fraction of sp³-hybridized carbons (Fsp3) is 0.562. The summed E-state index contributed by atoms with van der Waals surface area (Å²) in [6.07, 6.45) is 4.27. The molecule has 0 radical (unpaired) electrons. The molecular formula is C16H25N5. The summed E-state index contributed by atoms with van der Waals surface area (Å²) in [5.41, 5.74) is 7.58. The van der Waals surface area contributed by atoms with Crippen LogP contribution in [0.2, 0.25) is 0 Å². The summed E-state index contributed by atoms with van der Waals surface area (Å²) in [6.45, 7) is 4.40. The number of hydrogen-bond acceptors (Lipinski definition) is 4. The van der Waals surface area contributed by atoms with Crippen molar-refractivity contribution in [3.63, 3.8) is 0 Å². The van der Waals surface area contributed by atoms with Crippen molar-refractivity contribution < 1.29 is 0 Å². The average molecular weight is 287 g/mol. The van der Waals surface area contributed by atoms with E-state index in [2.05, 4.69) is 58.7 Å². The molecular weight excluding hydrogens is 262 g/mol. The van der Waals surface area contributed by atoms with Crippen LogP contribution < -0.4 is 5.73 Å². The van der Waals surface area contributed by atoms with E-state index in [1.165, 1.54) is 18.4 Å². The lowest BCUT2D eigenvalue weighted by Gasteiger charge is -2.24. The summed E-state index contributed by atoms with van der Waals surface area (Å²) in [4.78, 5) is 0. The Morgan fingerprint density at radius 3 is 2.62 bits per heavy atom. The first-order valence-electron chi connectivity index (χ1n) is 7.76. The lowest BCUT2D eigenvalue weighted by Crippen LogP contribution is -2.25. The highest BCUT2D eigenvalue weighted by Gasteiger charge is 2.26. The van der Waals surface area contributed by atoms with Crippen LogP contribution in [0.3, 0.4) is 0 Å². The van der Waals surface area contributed by atoms with Crippen LogP contribution in [0.4, 0.5) is 0 Å². The van der Waals surface area contributed by atoms with E-state index < -0.39 is 0 Å². The first-order chi connectivity index (χ1) is 10.2. The SMILES string of the molecule is CCCCC(N)CC(c1nn[nH]n1)[C@H](C)c1ccccc1. The molecule has 0 amide bonds. The van der Waals surface area contributed by atoms with Crippen molar-refractivity contribution in [2.45, 2.75) is 57.4 Å². The molecule has 0 saturated carbocycles. The van der Waals surface area contributed by atoms with Crippen LogP contribution in [0.25, 0.3) is 0 Å². The van der Waals surface area contributed by atoms with E-state index in [4.69, 9.17) is 5.73 Å². The number of nitrogens with two attached hydrogens (primary N) is 1. The molecule has 0 aliphatic heterocycles. The van der Waals surface area contributed by atoms with Gasteiger partial charge in [0, 0.05) is 12.0 Å². The quantitative estimate of drug-likeness (QED) is 0.782. The number of aromatic nitrogens is 4. The Bertz CT molecular complexity index is 497. The molecule has 2 rings (SSSR count). The van der Waals surface area contributed by atoms with Crippen molar-refractivity contribution in [2.24, 2.45) is 5.73 Å². The van der Waals surface area contributed by atoms with Gasteiger partial charge in [0.05, 0.1) is 0 Å². The Kier molecular flexibility index (Phi) is 5.87. The number of rotatable bonds is 8. The predicted octanol–water partition coefficient (Wildman–Crippen LogP) is 2.99. The van der Waals surface area contributed by atoms with Gasteiger partial charge >= 0.3 is 0 Å². The van der Waals surface area contributed by atoms with Crippen molar-refractivity contribution in [2.75, 3.05) is 0 Å². The molecule has 0 saturated heterocycles. The second-order valence-electron chi connectivity index (χ2n) is 5.71. The van der Waals surface area contributed by atoms with Gasteiger partial charge in [-0.15, -0.1) is 10.2 Å². The highest BCUT2D eigenvalue weighted by Crippen LogP contribution is 2.34. The molecule has 3 N–H and O–H groups in total. The van der Waals surface area contributed by atoms with Crippen molar-refractivity contribution in [1.29, 1.82) is 0 Å². The van der Waals surface area contributed by atoms with Gasteiger partial charge in [0.2, 0.25) is 0 Å². The van der Waals surface area contributed by atoms with E-state index in [9.17, 15) is 0 Å². The zero-order valence-electron chi connectivity index (χ0n) is 12.9. The molecule has 21 heavy (non-hydrogen) atoms. The van der Waals surface area contributed by atoms with Crippen molar-refractivity contribution >= 4 is 0 Å². The van der Waals surface area contributed by atoms with Gasteiger partial charge in [-0.2, -0.15) is 5.21 Å². The monoisotopic (exact) mass is 287 g/mol. The van der Waals surface area contributed by atoms with E-state index >= 15 is 0 Å². The van der Waals surface area contributed by atoms with Gasteiger partial charge in [-0.3, -0.25) is 0 Å². The fourth-order valence-corrected chi connectivity index (χ4v) is 2.76. The maximum atomic E-state index is 6.30. The minimum absolute atomic E-state index is 0.180. The van der Waals surface area contributed by atoms with Crippen LogP contribution >= 0.6 is 0 Å². The normalized spacial score (nSPS) is 15.6. The minimum atomic E-state index is 0.180. The molecule has 3 atom stereocenters. The van der Waals surface area contributed by atoms with E-state index in [0.29, 0.717) is 5.92 Å². The zero-order chi connectivity index (χ0) is 15.1. The number of nitrogens with one attached hydrogen (secondary N) is 1. The third-order valence-corrected chi connectivity index (χ3v) is 4.11. The van der Waals surface area contributed by atoms with E-state index in [1.807, 2.05) is 6.07 Å². The molecule has 5 heteroatoms. The lowest BCUT2D eigenvalue weighted by molar-refractivity contribution is 0.433. The van der Waals surface area contributed by atoms with Crippen molar-refractivity contribution in [3.8, 4) is 0 Å². The topological polar surface area (TPSA) is 80.5 Å². The maximum absolute atomic E-state index is 6.30. The zero-order valence-corrected chi connectivity index (χ0v) is 12.9. The predicted molar refractivity (Wildman–Crippen MR) is 83.9 cm³/mol. The molecule has 1 aromatic heterocycles. The first kappa shape index (κ1) is 15.6. The molecule has 1 heterocycles. The van der Waals surface area contributed by atoms with Gasteiger partial charge < -0.3 is 5.73 Å². The minimum Gasteiger partial charge on any atom is -0.328 e. The van der Waals surface area contributed by atoms with Crippen LogP contribution in [0.15, 0.2) is 30.3 Å². The van der Waals surface area contributed by atoms with E-state index in [0.717, 1.165) is 18.7 Å².